The average Bonchev–Trinajstić information content (AvgIpc) is 3.29. The van der Waals surface area contributed by atoms with E-state index < -0.39 is 0 Å². The van der Waals surface area contributed by atoms with Gasteiger partial charge in [-0.2, -0.15) is 0 Å². The van der Waals surface area contributed by atoms with Crippen LogP contribution in [0.1, 0.15) is 6.42 Å². The number of methoxy groups -OCH3 is 1. The molecule has 4 rings (SSSR count). The lowest BCUT2D eigenvalue weighted by molar-refractivity contribution is -0.119. The fourth-order valence-electron chi connectivity index (χ4n) is 3.21. The highest BCUT2D eigenvalue weighted by molar-refractivity contribution is 5.94. The Hall–Kier alpha value is -2.86. The fourth-order valence-corrected chi connectivity index (χ4v) is 3.21. The smallest absolute Gasteiger partial charge is 0.231 e. The van der Waals surface area contributed by atoms with Crippen LogP contribution in [0, 0.1) is 5.92 Å². The summed E-state index contributed by atoms with van der Waals surface area (Å²) in [5.41, 5.74) is 2.67. The van der Waals surface area contributed by atoms with Gasteiger partial charge in [-0.3, -0.25) is 14.7 Å². The van der Waals surface area contributed by atoms with Crippen LogP contribution in [-0.2, 0) is 4.79 Å². The van der Waals surface area contributed by atoms with Crippen molar-refractivity contribution in [2.45, 2.75) is 6.42 Å². The number of para-hydroxylation sites is 2. The third-order valence-electron chi connectivity index (χ3n) is 4.54. The summed E-state index contributed by atoms with van der Waals surface area (Å²) >= 11 is 0. The zero-order chi connectivity index (χ0) is 17.2. The minimum atomic E-state index is -0.0152. The molecule has 0 bridgehead atoms. The lowest BCUT2D eigenvalue weighted by Gasteiger charge is -2.13. The second-order valence-electron chi connectivity index (χ2n) is 6.14. The maximum atomic E-state index is 12.6. The molecule has 1 unspecified atom stereocenters. The van der Waals surface area contributed by atoms with Gasteiger partial charge in [0.2, 0.25) is 11.9 Å². The van der Waals surface area contributed by atoms with E-state index in [1.54, 1.807) is 7.11 Å². The molecular formula is C19H20N4O2. The number of aromatic nitrogens is 2. The summed E-state index contributed by atoms with van der Waals surface area (Å²) in [6.45, 7) is 1.59. The first-order chi connectivity index (χ1) is 12.3. The van der Waals surface area contributed by atoms with Crippen LogP contribution >= 0.6 is 0 Å². The minimum absolute atomic E-state index is 0.00412. The molecule has 2 aromatic carbocycles. The predicted molar refractivity (Wildman–Crippen MR) is 97.2 cm³/mol. The normalized spacial score (nSPS) is 16.9. The second kappa shape index (κ2) is 6.57. The van der Waals surface area contributed by atoms with E-state index in [9.17, 15) is 4.79 Å². The number of anilines is 1. The van der Waals surface area contributed by atoms with Crippen molar-refractivity contribution in [2.24, 2.45) is 5.92 Å². The van der Waals surface area contributed by atoms with E-state index >= 15 is 0 Å². The van der Waals surface area contributed by atoms with E-state index in [4.69, 9.17) is 4.74 Å². The summed E-state index contributed by atoms with van der Waals surface area (Å²) < 4.78 is 7.29. The maximum absolute atomic E-state index is 12.6. The Balaban J connectivity index is 1.79. The van der Waals surface area contributed by atoms with Crippen molar-refractivity contribution in [2.75, 3.05) is 25.5 Å². The van der Waals surface area contributed by atoms with Crippen LogP contribution in [0.15, 0.2) is 48.5 Å². The summed E-state index contributed by atoms with van der Waals surface area (Å²) in [6.07, 6.45) is 0.852. The largest absolute Gasteiger partial charge is 0.497 e. The summed E-state index contributed by atoms with van der Waals surface area (Å²) in [5.74, 6) is 1.28. The Morgan fingerprint density at radius 3 is 2.96 bits per heavy atom. The molecule has 0 radical (unpaired) electrons. The first kappa shape index (κ1) is 15.7. The Labute approximate surface area is 145 Å². The Bertz CT molecular complexity index is 913. The monoisotopic (exact) mass is 336 g/mol. The number of fused-ring (bicyclic) bond motifs is 1. The van der Waals surface area contributed by atoms with E-state index in [-0.39, 0.29) is 11.8 Å². The van der Waals surface area contributed by atoms with Crippen LogP contribution in [0.25, 0.3) is 16.7 Å². The predicted octanol–water partition coefficient (Wildman–Crippen LogP) is 2.58. The Morgan fingerprint density at radius 2 is 2.16 bits per heavy atom. The molecule has 6 nitrogen and oxygen atoms in total. The molecule has 1 aliphatic rings. The first-order valence-corrected chi connectivity index (χ1v) is 8.40. The van der Waals surface area contributed by atoms with E-state index in [0.717, 1.165) is 35.4 Å². The van der Waals surface area contributed by atoms with Gasteiger partial charge in [0.1, 0.15) is 5.75 Å². The lowest BCUT2D eigenvalue weighted by atomic mass is 10.1. The molecule has 2 heterocycles. The van der Waals surface area contributed by atoms with Gasteiger partial charge in [0, 0.05) is 12.6 Å². The van der Waals surface area contributed by atoms with Crippen molar-refractivity contribution >= 4 is 22.9 Å². The van der Waals surface area contributed by atoms with E-state index in [1.165, 1.54) is 0 Å². The molecule has 1 aliphatic heterocycles. The van der Waals surface area contributed by atoms with Crippen molar-refractivity contribution in [3.05, 3.63) is 48.5 Å². The topological polar surface area (TPSA) is 68.2 Å². The van der Waals surface area contributed by atoms with Gasteiger partial charge in [-0.15, -0.1) is 0 Å². The summed E-state index contributed by atoms with van der Waals surface area (Å²) in [6, 6.07) is 15.6. The van der Waals surface area contributed by atoms with Gasteiger partial charge in [-0.25, -0.2) is 4.98 Å². The Kier molecular flexibility index (Phi) is 4.11. The van der Waals surface area contributed by atoms with Gasteiger partial charge in [-0.05, 0) is 37.2 Å². The summed E-state index contributed by atoms with van der Waals surface area (Å²) in [7, 11) is 1.64. The number of amides is 1. The SMILES string of the molecule is COc1cccc(-n2c(NC(=O)C3CCNC3)nc3ccccc32)c1. The molecule has 1 saturated heterocycles. The number of hydrogen-bond donors (Lipinski definition) is 2. The molecule has 2 N–H and O–H groups in total. The molecule has 128 valence electrons. The number of imidazole rings is 1. The van der Waals surface area contributed by atoms with Crippen LogP contribution in [0.5, 0.6) is 5.75 Å². The van der Waals surface area contributed by atoms with Crippen molar-refractivity contribution in [3.8, 4) is 11.4 Å². The van der Waals surface area contributed by atoms with Crippen LogP contribution in [-0.4, -0.2) is 35.7 Å². The molecule has 6 heteroatoms. The number of carbonyl (C=O) groups excluding carboxylic acids is 1. The number of ether oxygens (including phenoxy) is 1. The molecule has 0 saturated carbocycles. The van der Waals surface area contributed by atoms with Gasteiger partial charge in [0.15, 0.2) is 0 Å². The van der Waals surface area contributed by atoms with Crippen LogP contribution in [0.2, 0.25) is 0 Å². The zero-order valence-corrected chi connectivity index (χ0v) is 14.0. The van der Waals surface area contributed by atoms with Gasteiger partial charge in [-0.1, -0.05) is 18.2 Å². The van der Waals surface area contributed by atoms with E-state index in [2.05, 4.69) is 15.6 Å². The van der Waals surface area contributed by atoms with Crippen LogP contribution in [0.3, 0.4) is 0 Å². The summed E-state index contributed by atoms with van der Waals surface area (Å²) in [4.78, 5) is 17.2. The van der Waals surface area contributed by atoms with Crippen molar-refractivity contribution < 1.29 is 9.53 Å². The van der Waals surface area contributed by atoms with Crippen LogP contribution in [0.4, 0.5) is 5.95 Å². The van der Waals surface area contributed by atoms with Gasteiger partial charge in [0.05, 0.1) is 29.7 Å². The standard InChI is InChI=1S/C19H20N4O2/c1-25-15-6-4-5-14(11-15)23-17-8-3-2-7-16(17)21-19(23)22-18(24)13-9-10-20-12-13/h2-8,11,13,20H,9-10,12H2,1H3,(H,21,22,24). The number of nitrogens with zero attached hydrogens (tertiary/aromatic N) is 2. The molecule has 25 heavy (non-hydrogen) atoms. The average molecular weight is 336 g/mol. The van der Waals surface area contributed by atoms with Crippen molar-refractivity contribution in [1.82, 2.24) is 14.9 Å². The molecular weight excluding hydrogens is 316 g/mol. The maximum Gasteiger partial charge on any atom is 0.231 e. The highest BCUT2D eigenvalue weighted by Gasteiger charge is 2.24. The quantitative estimate of drug-likeness (QED) is 0.768. The van der Waals surface area contributed by atoms with E-state index in [0.29, 0.717) is 12.5 Å². The second-order valence-corrected chi connectivity index (χ2v) is 6.14. The molecule has 1 aromatic heterocycles. The molecule has 1 fully saturated rings. The number of benzene rings is 2. The molecule has 1 amide bonds. The number of carbonyl (C=O) groups is 1. The minimum Gasteiger partial charge on any atom is -0.497 e. The van der Waals surface area contributed by atoms with Crippen molar-refractivity contribution in [3.63, 3.8) is 0 Å². The highest BCUT2D eigenvalue weighted by Crippen LogP contribution is 2.27. The van der Waals surface area contributed by atoms with Crippen molar-refractivity contribution in [1.29, 1.82) is 0 Å². The third kappa shape index (κ3) is 2.96. The third-order valence-corrected chi connectivity index (χ3v) is 4.54. The molecule has 0 spiro atoms. The van der Waals surface area contributed by atoms with Crippen LogP contribution < -0.4 is 15.4 Å². The molecule has 3 aromatic rings. The number of hydrogen-bond acceptors (Lipinski definition) is 4. The molecule has 0 aliphatic carbocycles. The van der Waals surface area contributed by atoms with Gasteiger partial charge in [0.25, 0.3) is 0 Å². The summed E-state index contributed by atoms with van der Waals surface area (Å²) in [5, 5.41) is 6.23. The van der Waals surface area contributed by atoms with Gasteiger partial charge >= 0.3 is 0 Å². The zero-order valence-electron chi connectivity index (χ0n) is 14.0. The first-order valence-electron chi connectivity index (χ1n) is 8.40. The highest BCUT2D eigenvalue weighted by atomic mass is 16.5. The number of rotatable bonds is 4. The van der Waals surface area contributed by atoms with Gasteiger partial charge < -0.3 is 10.1 Å². The lowest BCUT2D eigenvalue weighted by Crippen LogP contribution is -2.26. The Morgan fingerprint density at radius 1 is 1.28 bits per heavy atom. The number of nitrogens with one attached hydrogen (secondary N) is 2. The van der Waals surface area contributed by atoms with E-state index in [1.807, 2.05) is 53.1 Å². The molecule has 1 atom stereocenters. The fraction of sp³-hybridized carbons (Fsp3) is 0.263.